The predicted molar refractivity (Wildman–Crippen MR) is 76.0 cm³/mol. The predicted octanol–water partition coefficient (Wildman–Crippen LogP) is 1.78. The molecule has 0 aliphatic heterocycles. The van der Waals surface area contributed by atoms with Crippen LogP contribution in [-0.2, 0) is 5.88 Å². The Kier molecular flexibility index (Phi) is 4.42. The van der Waals surface area contributed by atoms with Crippen LogP contribution in [0, 0.1) is 0 Å². The maximum Gasteiger partial charge on any atom is 0.274 e. The second-order valence-corrected chi connectivity index (χ2v) is 4.66. The number of nitrogens with zero attached hydrogens (tertiary/aromatic N) is 4. The van der Waals surface area contributed by atoms with Crippen LogP contribution in [0.2, 0.25) is 0 Å². The van der Waals surface area contributed by atoms with Gasteiger partial charge in [-0.2, -0.15) is 9.50 Å². The van der Waals surface area contributed by atoms with Gasteiger partial charge in [-0.05, 0) is 12.8 Å². The van der Waals surface area contributed by atoms with Crippen LogP contribution in [0.3, 0.4) is 0 Å². The van der Waals surface area contributed by atoms with Crippen LogP contribution in [0.15, 0.2) is 10.9 Å². The van der Waals surface area contributed by atoms with Gasteiger partial charge in [0.25, 0.3) is 11.3 Å². The molecular weight excluding hydrogens is 266 g/mol. The van der Waals surface area contributed by atoms with Crippen LogP contribution in [0.1, 0.15) is 32.4 Å². The van der Waals surface area contributed by atoms with Crippen molar-refractivity contribution < 1.29 is 0 Å². The average Bonchev–Trinajstić information content (AvgIpc) is 2.82. The lowest BCUT2D eigenvalue weighted by Crippen LogP contribution is -2.26. The smallest absolute Gasteiger partial charge is 0.274 e. The van der Waals surface area contributed by atoms with E-state index in [1.165, 1.54) is 10.6 Å². The van der Waals surface area contributed by atoms with E-state index in [1.807, 2.05) is 0 Å². The fourth-order valence-electron chi connectivity index (χ4n) is 1.99. The van der Waals surface area contributed by atoms with E-state index in [1.54, 1.807) is 0 Å². The van der Waals surface area contributed by atoms with E-state index in [9.17, 15) is 4.79 Å². The minimum absolute atomic E-state index is 0.188. The molecule has 0 aliphatic rings. The first-order valence-electron chi connectivity index (χ1n) is 6.49. The molecule has 2 heterocycles. The van der Waals surface area contributed by atoms with Gasteiger partial charge >= 0.3 is 0 Å². The molecule has 0 fully saturated rings. The van der Waals surface area contributed by atoms with E-state index in [0.717, 1.165) is 25.9 Å². The monoisotopic (exact) mass is 283 g/mol. The first-order valence-corrected chi connectivity index (χ1v) is 7.02. The van der Waals surface area contributed by atoms with Gasteiger partial charge in [0.2, 0.25) is 5.95 Å². The zero-order valence-electron chi connectivity index (χ0n) is 11.2. The van der Waals surface area contributed by atoms with Crippen LogP contribution in [0.4, 0.5) is 5.95 Å². The Balaban J connectivity index is 2.44. The van der Waals surface area contributed by atoms with Crippen molar-refractivity contribution in [2.45, 2.75) is 32.6 Å². The van der Waals surface area contributed by atoms with Crippen LogP contribution in [-0.4, -0.2) is 32.7 Å². The largest absolute Gasteiger partial charge is 0.341 e. The quantitative estimate of drug-likeness (QED) is 0.821. The number of aromatic amines is 1. The van der Waals surface area contributed by atoms with Gasteiger partial charge in [0, 0.05) is 19.2 Å². The third-order valence-electron chi connectivity index (χ3n) is 2.80. The zero-order valence-corrected chi connectivity index (χ0v) is 11.9. The summed E-state index contributed by atoms with van der Waals surface area (Å²) in [5.41, 5.74) is 0.356. The topological polar surface area (TPSA) is 66.3 Å². The molecule has 0 amide bonds. The Morgan fingerprint density at radius 2 is 2.00 bits per heavy atom. The van der Waals surface area contributed by atoms with Crippen molar-refractivity contribution in [2.24, 2.45) is 0 Å². The summed E-state index contributed by atoms with van der Waals surface area (Å²) in [5.74, 6) is 1.26. The number of nitrogens with one attached hydrogen (secondary N) is 1. The van der Waals surface area contributed by atoms with Crippen molar-refractivity contribution in [3.05, 3.63) is 22.1 Å². The van der Waals surface area contributed by atoms with E-state index in [0.29, 0.717) is 17.4 Å². The maximum atomic E-state index is 11.9. The zero-order chi connectivity index (χ0) is 13.8. The third-order valence-corrected chi connectivity index (χ3v) is 3.07. The standard InChI is InChI=1S/C12H18ClN5O/c1-3-5-17(6-4-2)12-15-11-14-9(8-13)7-10(19)18(11)16-12/h7H,3-6,8H2,1-2H3,(H,14,15,16). The molecule has 0 aromatic carbocycles. The van der Waals surface area contributed by atoms with Crippen LogP contribution in [0.5, 0.6) is 0 Å². The number of H-pyrrole nitrogens is 1. The van der Waals surface area contributed by atoms with Crippen LogP contribution >= 0.6 is 11.6 Å². The van der Waals surface area contributed by atoms with Gasteiger partial charge in [-0.3, -0.25) is 9.89 Å². The third kappa shape index (κ3) is 2.89. The minimum Gasteiger partial charge on any atom is -0.341 e. The molecule has 0 bridgehead atoms. The Bertz CT molecular complexity index is 600. The minimum atomic E-state index is -0.188. The summed E-state index contributed by atoms with van der Waals surface area (Å²) in [6.45, 7) is 6.01. The summed E-state index contributed by atoms with van der Waals surface area (Å²) < 4.78 is 1.35. The molecule has 1 N–H and O–H groups in total. The Morgan fingerprint density at radius 3 is 2.58 bits per heavy atom. The van der Waals surface area contributed by atoms with Gasteiger partial charge in [0.05, 0.1) is 11.6 Å². The Hall–Kier alpha value is -1.56. The molecule has 0 saturated carbocycles. The molecule has 19 heavy (non-hydrogen) atoms. The summed E-state index contributed by atoms with van der Waals surface area (Å²) in [5, 5.41) is 3.00. The normalized spacial score (nSPS) is 11.1. The molecule has 2 aromatic heterocycles. The maximum absolute atomic E-state index is 11.9. The first kappa shape index (κ1) is 13.9. The van der Waals surface area contributed by atoms with Gasteiger partial charge in [-0.25, -0.2) is 4.98 Å². The number of alkyl halides is 1. The van der Waals surface area contributed by atoms with Crippen molar-refractivity contribution in [3.8, 4) is 0 Å². The van der Waals surface area contributed by atoms with Gasteiger partial charge in [0.1, 0.15) is 0 Å². The molecule has 0 saturated heterocycles. The molecular formula is C12H18ClN5O. The van der Waals surface area contributed by atoms with Gasteiger partial charge < -0.3 is 4.90 Å². The fraction of sp³-hybridized carbons (Fsp3) is 0.583. The fourth-order valence-corrected chi connectivity index (χ4v) is 2.13. The van der Waals surface area contributed by atoms with Crippen molar-refractivity contribution in [2.75, 3.05) is 18.0 Å². The molecule has 7 heteroatoms. The van der Waals surface area contributed by atoms with Crippen molar-refractivity contribution in [1.29, 1.82) is 0 Å². The highest BCUT2D eigenvalue weighted by Gasteiger charge is 2.12. The molecule has 2 rings (SSSR count). The Labute approximate surface area is 116 Å². The number of rotatable bonds is 6. The van der Waals surface area contributed by atoms with E-state index in [2.05, 4.69) is 33.8 Å². The van der Waals surface area contributed by atoms with Gasteiger partial charge in [-0.15, -0.1) is 11.6 Å². The number of hydrogen-bond donors (Lipinski definition) is 1. The van der Waals surface area contributed by atoms with E-state index >= 15 is 0 Å². The van der Waals surface area contributed by atoms with E-state index in [-0.39, 0.29) is 11.4 Å². The van der Waals surface area contributed by atoms with Crippen molar-refractivity contribution in [1.82, 2.24) is 19.6 Å². The number of aromatic nitrogens is 4. The summed E-state index contributed by atoms with van der Waals surface area (Å²) in [4.78, 5) is 22.6. The lowest BCUT2D eigenvalue weighted by Gasteiger charge is -2.19. The van der Waals surface area contributed by atoms with E-state index < -0.39 is 0 Å². The number of halogens is 1. The van der Waals surface area contributed by atoms with Gasteiger partial charge in [0.15, 0.2) is 0 Å². The molecule has 0 atom stereocenters. The van der Waals surface area contributed by atoms with Crippen molar-refractivity contribution in [3.63, 3.8) is 0 Å². The van der Waals surface area contributed by atoms with Crippen LogP contribution < -0.4 is 10.5 Å². The highest BCUT2D eigenvalue weighted by Crippen LogP contribution is 2.10. The molecule has 0 unspecified atom stereocenters. The molecule has 104 valence electrons. The number of hydrogen-bond acceptors (Lipinski definition) is 4. The molecule has 0 spiro atoms. The molecule has 2 aromatic rings. The highest BCUT2D eigenvalue weighted by molar-refractivity contribution is 6.16. The SMILES string of the molecule is CCCN(CCC)c1nc2nc(CCl)cc(=O)n2[nH]1. The number of anilines is 1. The second kappa shape index (κ2) is 6.06. The molecule has 6 nitrogen and oxygen atoms in total. The summed E-state index contributed by atoms with van der Waals surface area (Å²) >= 11 is 5.71. The molecule has 0 radical (unpaired) electrons. The highest BCUT2D eigenvalue weighted by atomic mass is 35.5. The summed E-state index contributed by atoms with van der Waals surface area (Å²) in [6.07, 6.45) is 2.04. The molecule has 0 aliphatic carbocycles. The van der Waals surface area contributed by atoms with Crippen LogP contribution in [0.25, 0.3) is 5.78 Å². The average molecular weight is 284 g/mol. The number of fused-ring (bicyclic) bond motifs is 1. The lowest BCUT2D eigenvalue weighted by molar-refractivity contribution is 0.718. The van der Waals surface area contributed by atoms with E-state index in [4.69, 9.17) is 11.6 Å². The second-order valence-electron chi connectivity index (χ2n) is 4.39. The summed E-state index contributed by atoms with van der Waals surface area (Å²) in [6, 6.07) is 1.42. The van der Waals surface area contributed by atoms with Gasteiger partial charge in [-0.1, -0.05) is 13.8 Å². The summed E-state index contributed by atoms with van der Waals surface area (Å²) in [7, 11) is 0. The Morgan fingerprint density at radius 1 is 1.32 bits per heavy atom. The van der Waals surface area contributed by atoms with Crippen molar-refractivity contribution >= 4 is 23.3 Å². The first-order chi connectivity index (χ1) is 9.19. The lowest BCUT2D eigenvalue weighted by atomic mass is 10.4.